The van der Waals surface area contributed by atoms with Crippen LogP contribution in [-0.2, 0) is 0 Å². The summed E-state index contributed by atoms with van der Waals surface area (Å²) >= 11 is 2.02. The minimum absolute atomic E-state index is 0.350. The number of thioether (sulfide) groups is 1. The van der Waals surface area contributed by atoms with Crippen LogP contribution < -0.4 is 0 Å². The first-order chi connectivity index (χ1) is 7.75. The van der Waals surface area contributed by atoms with Crippen molar-refractivity contribution in [1.29, 1.82) is 0 Å². The molecule has 1 aliphatic rings. The van der Waals surface area contributed by atoms with E-state index >= 15 is 0 Å². The zero-order valence-corrected chi connectivity index (χ0v) is 10.5. The standard InChI is InChI=1S/C13H19NOS/c1-11-9-14(7-8-16-11)10-13(15)12-5-3-2-4-6-12/h2-6,11,13,15H,7-10H2,1H3. The first-order valence-corrected chi connectivity index (χ1v) is 6.87. The van der Waals surface area contributed by atoms with Crippen molar-refractivity contribution in [3.63, 3.8) is 0 Å². The Kier molecular flexibility index (Phi) is 4.27. The van der Waals surface area contributed by atoms with E-state index < -0.39 is 0 Å². The Morgan fingerprint density at radius 2 is 2.19 bits per heavy atom. The highest BCUT2D eigenvalue weighted by Crippen LogP contribution is 2.20. The van der Waals surface area contributed by atoms with Crippen LogP contribution >= 0.6 is 11.8 Å². The zero-order valence-electron chi connectivity index (χ0n) is 9.67. The van der Waals surface area contributed by atoms with Crippen molar-refractivity contribution in [3.8, 4) is 0 Å². The largest absolute Gasteiger partial charge is 0.387 e. The lowest BCUT2D eigenvalue weighted by atomic mass is 10.1. The quantitative estimate of drug-likeness (QED) is 0.871. The highest BCUT2D eigenvalue weighted by Gasteiger charge is 2.19. The van der Waals surface area contributed by atoms with Gasteiger partial charge in [-0.3, -0.25) is 4.90 Å². The normalized spacial score (nSPS) is 24.2. The van der Waals surface area contributed by atoms with E-state index in [9.17, 15) is 5.11 Å². The second-order valence-electron chi connectivity index (χ2n) is 4.37. The van der Waals surface area contributed by atoms with Gasteiger partial charge in [0.1, 0.15) is 0 Å². The maximum Gasteiger partial charge on any atom is 0.0916 e. The molecule has 0 aliphatic carbocycles. The minimum Gasteiger partial charge on any atom is -0.387 e. The summed E-state index contributed by atoms with van der Waals surface area (Å²) < 4.78 is 0. The highest BCUT2D eigenvalue weighted by atomic mass is 32.2. The van der Waals surface area contributed by atoms with Gasteiger partial charge in [-0.1, -0.05) is 37.3 Å². The van der Waals surface area contributed by atoms with E-state index in [0.29, 0.717) is 5.25 Å². The molecule has 16 heavy (non-hydrogen) atoms. The number of nitrogens with zero attached hydrogens (tertiary/aromatic N) is 1. The van der Waals surface area contributed by atoms with Gasteiger partial charge < -0.3 is 5.11 Å². The molecule has 2 nitrogen and oxygen atoms in total. The lowest BCUT2D eigenvalue weighted by Gasteiger charge is -2.32. The first-order valence-electron chi connectivity index (χ1n) is 5.82. The van der Waals surface area contributed by atoms with E-state index in [2.05, 4.69) is 11.8 Å². The molecule has 0 amide bonds. The summed E-state index contributed by atoms with van der Waals surface area (Å²) in [6.45, 7) is 5.20. The molecule has 0 radical (unpaired) electrons. The molecule has 2 unspecified atom stereocenters. The van der Waals surface area contributed by atoms with Crippen LogP contribution in [0.3, 0.4) is 0 Å². The Morgan fingerprint density at radius 1 is 1.44 bits per heavy atom. The second-order valence-corrected chi connectivity index (χ2v) is 5.91. The molecule has 0 spiro atoms. The Balaban J connectivity index is 1.89. The zero-order chi connectivity index (χ0) is 11.4. The summed E-state index contributed by atoms with van der Waals surface area (Å²) in [5.41, 5.74) is 1.02. The van der Waals surface area contributed by atoms with Gasteiger partial charge in [0, 0.05) is 30.6 Å². The van der Waals surface area contributed by atoms with Crippen molar-refractivity contribution >= 4 is 11.8 Å². The van der Waals surface area contributed by atoms with Gasteiger partial charge >= 0.3 is 0 Å². The number of β-amino-alcohol motifs (C(OH)–C–C–N with tert-alkyl or cyclic N) is 1. The van der Waals surface area contributed by atoms with Gasteiger partial charge in [0.2, 0.25) is 0 Å². The van der Waals surface area contributed by atoms with Crippen LogP contribution in [0, 0.1) is 0 Å². The number of aliphatic hydroxyl groups is 1. The predicted octanol–water partition coefficient (Wildman–Crippen LogP) is 2.16. The molecular weight excluding hydrogens is 218 g/mol. The SMILES string of the molecule is CC1CN(CC(O)c2ccccc2)CCS1. The summed E-state index contributed by atoms with van der Waals surface area (Å²) in [5.74, 6) is 1.18. The van der Waals surface area contributed by atoms with Crippen molar-refractivity contribution in [2.45, 2.75) is 18.3 Å². The molecule has 1 heterocycles. The van der Waals surface area contributed by atoms with Crippen LogP contribution in [0.2, 0.25) is 0 Å². The van der Waals surface area contributed by atoms with Gasteiger partial charge in [0.15, 0.2) is 0 Å². The van der Waals surface area contributed by atoms with Crippen molar-refractivity contribution in [1.82, 2.24) is 4.90 Å². The first kappa shape index (κ1) is 12.0. The van der Waals surface area contributed by atoms with Gasteiger partial charge in [-0.25, -0.2) is 0 Å². The number of rotatable bonds is 3. The van der Waals surface area contributed by atoms with Crippen molar-refractivity contribution in [3.05, 3.63) is 35.9 Å². The topological polar surface area (TPSA) is 23.5 Å². The summed E-state index contributed by atoms with van der Waals surface area (Å²) in [5, 5.41) is 10.8. The van der Waals surface area contributed by atoms with Gasteiger partial charge in [-0.05, 0) is 5.56 Å². The average Bonchev–Trinajstić information content (AvgIpc) is 2.30. The molecule has 1 saturated heterocycles. The van der Waals surface area contributed by atoms with Gasteiger partial charge in [0.05, 0.1) is 6.10 Å². The molecule has 1 aromatic carbocycles. The third kappa shape index (κ3) is 3.24. The fraction of sp³-hybridized carbons (Fsp3) is 0.538. The maximum atomic E-state index is 10.1. The molecule has 3 heteroatoms. The molecule has 1 fully saturated rings. The third-order valence-corrected chi connectivity index (χ3v) is 4.08. The fourth-order valence-electron chi connectivity index (χ4n) is 2.08. The van der Waals surface area contributed by atoms with E-state index in [1.807, 2.05) is 42.1 Å². The minimum atomic E-state index is -0.350. The molecule has 1 N–H and O–H groups in total. The number of aliphatic hydroxyl groups excluding tert-OH is 1. The fourth-order valence-corrected chi connectivity index (χ4v) is 3.16. The third-order valence-electron chi connectivity index (χ3n) is 2.94. The monoisotopic (exact) mass is 237 g/mol. The van der Waals surface area contributed by atoms with Gasteiger partial charge in [-0.15, -0.1) is 0 Å². The summed E-state index contributed by atoms with van der Waals surface area (Å²) in [6, 6.07) is 9.93. The molecule has 2 atom stereocenters. The average molecular weight is 237 g/mol. The smallest absolute Gasteiger partial charge is 0.0916 e. The van der Waals surface area contributed by atoms with Crippen LogP contribution in [-0.4, -0.2) is 40.6 Å². The summed E-state index contributed by atoms with van der Waals surface area (Å²) in [6.07, 6.45) is -0.350. The van der Waals surface area contributed by atoms with Gasteiger partial charge in [0.25, 0.3) is 0 Å². The van der Waals surface area contributed by atoms with Crippen molar-refractivity contribution in [2.24, 2.45) is 0 Å². The van der Waals surface area contributed by atoms with Crippen molar-refractivity contribution in [2.75, 3.05) is 25.4 Å². The van der Waals surface area contributed by atoms with E-state index in [4.69, 9.17) is 0 Å². The van der Waals surface area contributed by atoms with Crippen LogP contribution in [0.25, 0.3) is 0 Å². The molecule has 1 aliphatic heterocycles. The van der Waals surface area contributed by atoms with Crippen LogP contribution in [0.1, 0.15) is 18.6 Å². The van der Waals surface area contributed by atoms with E-state index in [1.54, 1.807) is 0 Å². The van der Waals surface area contributed by atoms with Gasteiger partial charge in [-0.2, -0.15) is 11.8 Å². The molecule has 88 valence electrons. The lowest BCUT2D eigenvalue weighted by Crippen LogP contribution is -2.39. The number of hydrogen-bond donors (Lipinski definition) is 1. The molecule has 1 aromatic rings. The Labute approximate surface area is 102 Å². The predicted molar refractivity (Wildman–Crippen MR) is 69.8 cm³/mol. The van der Waals surface area contributed by atoms with Crippen molar-refractivity contribution < 1.29 is 5.11 Å². The second kappa shape index (κ2) is 5.71. The van der Waals surface area contributed by atoms with E-state index in [1.165, 1.54) is 5.75 Å². The Bertz CT molecular complexity index is 317. The molecule has 0 saturated carbocycles. The maximum absolute atomic E-state index is 10.1. The Morgan fingerprint density at radius 3 is 2.88 bits per heavy atom. The number of hydrogen-bond acceptors (Lipinski definition) is 3. The molecular formula is C13H19NOS. The lowest BCUT2D eigenvalue weighted by molar-refractivity contribution is 0.115. The van der Waals surface area contributed by atoms with Crippen LogP contribution in [0.4, 0.5) is 0 Å². The summed E-state index contributed by atoms with van der Waals surface area (Å²) in [4.78, 5) is 2.36. The molecule has 0 bridgehead atoms. The molecule has 0 aromatic heterocycles. The van der Waals surface area contributed by atoms with Crippen LogP contribution in [0.5, 0.6) is 0 Å². The highest BCUT2D eigenvalue weighted by molar-refractivity contribution is 7.99. The Hall–Kier alpha value is -0.510. The molecule has 2 rings (SSSR count). The number of benzene rings is 1. The van der Waals surface area contributed by atoms with Crippen LogP contribution in [0.15, 0.2) is 30.3 Å². The van der Waals surface area contributed by atoms with E-state index in [-0.39, 0.29) is 6.10 Å². The van der Waals surface area contributed by atoms with E-state index in [0.717, 1.165) is 25.2 Å². The summed E-state index contributed by atoms with van der Waals surface area (Å²) in [7, 11) is 0.